The van der Waals surface area contributed by atoms with Crippen molar-refractivity contribution >= 4 is 11.8 Å². The molecule has 2 aliphatic heterocycles. The van der Waals surface area contributed by atoms with Gasteiger partial charge in [-0.25, -0.2) is 0 Å². The lowest BCUT2D eigenvalue weighted by atomic mass is 10.1. The van der Waals surface area contributed by atoms with Crippen molar-refractivity contribution in [2.75, 3.05) is 52.5 Å². The maximum absolute atomic E-state index is 12.8. The number of pyridine rings is 1. The largest absolute Gasteiger partial charge is 0.380 e. The SMILES string of the molecule is CCOCCN1CCN(C(=O)[C@H]2CC(=O)N(Cc3cccnc3)C2)CC1. The van der Waals surface area contributed by atoms with Crippen LogP contribution in [0.5, 0.6) is 0 Å². The van der Waals surface area contributed by atoms with Crippen molar-refractivity contribution in [3.63, 3.8) is 0 Å². The molecule has 2 fully saturated rings. The van der Waals surface area contributed by atoms with Crippen LogP contribution in [0.3, 0.4) is 0 Å². The van der Waals surface area contributed by atoms with Gasteiger partial charge in [0.2, 0.25) is 11.8 Å². The molecule has 0 N–H and O–H groups in total. The molecule has 142 valence electrons. The zero-order chi connectivity index (χ0) is 18.4. The second-order valence-corrected chi connectivity index (χ2v) is 6.90. The van der Waals surface area contributed by atoms with Crippen molar-refractivity contribution in [3.8, 4) is 0 Å². The molecule has 0 aliphatic carbocycles. The van der Waals surface area contributed by atoms with Gasteiger partial charge in [0, 0.05) is 71.2 Å². The predicted octanol–water partition coefficient (Wildman–Crippen LogP) is 0.611. The highest BCUT2D eigenvalue weighted by Gasteiger charge is 2.37. The first kappa shape index (κ1) is 18.8. The Bertz CT molecular complexity index is 602. The topological polar surface area (TPSA) is 66.0 Å². The number of rotatable bonds is 7. The average molecular weight is 360 g/mol. The highest BCUT2D eigenvalue weighted by atomic mass is 16.5. The van der Waals surface area contributed by atoms with Crippen LogP contribution in [-0.2, 0) is 20.9 Å². The molecule has 7 nitrogen and oxygen atoms in total. The highest BCUT2D eigenvalue weighted by molar-refractivity contribution is 5.89. The molecule has 0 bridgehead atoms. The molecule has 7 heteroatoms. The summed E-state index contributed by atoms with van der Waals surface area (Å²) in [5.41, 5.74) is 0.997. The van der Waals surface area contributed by atoms with E-state index in [9.17, 15) is 9.59 Å². The summed E-state index contributed by atoms with van der Waals surface area (Å²) >= 11 is 0. The molecule has 1 aromatic rings. The summed E-state index contributed by atoms with van der Waals surface area (Å²) in [6.07, 6.45) is 3.81. The Kier molecular flexibility index (Phi) is 6.57. The van der Waals surface area contributed by atoms with Gasteiger partial charge in [0.1, 0.15) is 0 Å². The number of piperazine rings is 1. The Hall–Kier alpha value is -1.99. The fraction of sp³-hybridized carbons (Fsp3) is 0.632. The maximum Gasteiger partial charge on any atom is 0.228 e. The van der Waals surface area contributed by atoms with Gasteiger partial charge in [-0.15, -0.1) is 0 Å². The second-order valence-electron chi connectivity index (χ2n) is 6.90. The highest BCUT2D eigenvalue weighted by Crippen LogP contribution is 2.22. The van der Waals surface area contributed by atoms with Gasteiger partial charge in [-0.05, 0) is 18.6 Å². The van der Waals surface area contributed by atoms with Crippen molar-refractivity contribution in [2.45, 2.75) is 19.9 Å². The number of amides is 2. The average Bonchev–Trinajstić information content (AvgIpc) is 3.03. The minimum absolute atomic E-state index is 0.0579. The first-order chi connectivity index (χ1) is 12.7. The number of carbonyl (C=O) groups is 2. The van der Waals surface area contributed by atoms with Crippen molar-refractivity contribution in [1.29, 1.82) is 0 Å². The minimum atomic E-state index is -0.214. The van der Waals surface area contributed by atoms with Gasteiger partial charge < -0.3 is 14.5 Å². The Morgan fingerprint density at radius 2 is 2.12 bits per heavy atom. The molecule has 0 spiro atoms. The number of nitrogens with zero attached hydrogens (tertiary/aromatic N) is 4. The van der Waals surface area contributed by atoms with Gasteiger partial charge in [0.15, 0.2) is 0 Å². The summed E-state index contributed by atoms with van der Waals surface area (Å²) in [6.45, 7) is 8.65. The lowest BCUT2D eigenvalue weighted by molar-refractivity contribution is -0.137. The number of likely N-dealkylation sites (tertiary alicyclic amines) is 1. The lowest BCUT2D eigenvalue weighted by Crippen LogP contribution is -2.51. The lowest BCUT2D eigenvalue weighted by Gasteiger charge is -2.35. The molecule has 1 aromatic heterocycles. The molecule has 0 radical (unpaired) electrons. The second kappa shape index (κ2) is 9.09. The van der Waals surface area contributed by atoms with Crippen LogP contribution in [0.15, 0.2) is 24.5 Å². The summed E-state index contributed by atoms with van der Waals surface area (Å²) < 4.78 is 5.39. The molecule has 0 saturated carbocycles. The van der Waals surface area contributed by atoms with Crippen LogP contribution in [0.4, 0.5) is 0 Å². The summed E-state index contributed by atoms with van der Waals surface area (Å²) in [5.74, 6) is -0.0341. The van der Waals surface area contributed by atoms with Gasteiger partial charge in [-0.3, -0.25) is 19.5 Å². The van der Waals surface area contributed by atoms with Crippen LogP contribution in [0.2, 0.25) is 0 Å². The molecule has 2 amide bonds. The van der Waals surface area contributed by atoms with E-state index in [1.807, 2.05) is 24.0 Å². The molecule has 0 aromatic carbocycles. The fourth-order valence-electron chi connectivity index (χ4n) is 3.59. The number of hydrogen-bond donors (Lipinski definition) is 0. The molecule has 3 heterocycles. The number of carbonyl (C=O) groups excluding carboxylic acids is 2. The standard InChI is InChI=1S/C19H28N4O3/c1-2-26-11-10-21-6-8-22(9-7-21)19(25)17-12-18(24)23(15-17)14-16-4-3-5-20-13-16/h3-5,13,17H,2,6-12,14-15H2,1H3/t17-/m0/s1. The van der Waals surface area contributed by atoms with E-state index < -0.39 is 0 Å². The number of hydrogen-bond acceptors (Lipinski definition) is 5. The Morgan fingerprint density at radius 3 is 2.81 bits per heavy atom. The minimum Gasteiger partial charge on any atom is -0.380 e. The zero-order valence-corrected chi connectivity index (χ0v) is 15.5. The van der Waals surface area contributed by atoms with Crippen LogP contribution in [0.1, 0.15) is 18.9 Å². The van der Waals surface area contributed by atoms with Crippen molar-refractivity contribution < 1.29 is 14.3 Å². The third-order valence-electron chi connectivity index (χ3n) is 5.10. The summed E-state index contributed by atoms with van der Waals surface area (Å²) in [5, 5.41) is 0. The van der Waals surface area contributed by atoms with Gasteiger partial charge in [-0.2, -0.15) is 0 Å². The van der Waals surface area contributed by atoms with Crippen molar-refractivity contribution in [2.24, 2.45) is 5.92 Å². The van der Waals surface area contributed by atoms with Crippen LogP contribution < -0.4 is 0 Å². The van der Waals surface area contributed by atoms with E-state index in [0.29, 0.717) is 19.5 Å². The van der Waals surface area contributed by atoms with Crippen LogP contribution in [-0.4, -0.2) is 84.0 Å². The van der Waals surface area contributed by atoms with E-state index in [4.69, 9.17) is 4.74 Å². The molecule has 2 saturated heterocycles. The fourth-order valence-corrected chi connectivity index (χ4v) is 3.59. The van der Waals surface area contributed by atoms with E-state index in [2.05, 4.69) is 9.88 Å². The Morgan fingerprint density at radius 1 is 1.31 bits per heavy atom. The summed E-state index contributed by atoms with van der Waals surface area (Å²) in [7, 11) is 0. The Labute approximate surface area is 154 Å². The third kappa shape index (κ3) is 4.80. The van der Waals surface area contributed by atoms with Crippen LogP contribution in [0, 0.1) is 5.92 Å². The molecule has 2 aliphatic rings. The monoisotopic (exact) mass is 360 g/mol. The van der Waals surface area contributed by atoms with Crippen LogP contribution >= 0.6 is 0 Å². The quantitative estimate of drug-likeness (QED) is 0.667. The van der Waals surface area contributed by atoms with Gasteiger partial charge >= 0.3 is 0 Å². The van der Waals surface area contributed by atoms with E-state index >= 15 is 0 Å². The Balaban J connectivity index is 1.46. The normalized spacial score (nSPS) is 21.4. The first-order valence-electron chi connectivity index (χ1n) is 9.43. The van der Waals surface area contributed by atoms with E-state index in [0.717, 1.165) is 51.5 Å². The van der Waals surface area contributed by atoms with Crippen LogP contribution in [0.25, 0.3) is 0 Å². The maximum atomic E-state index is 12.8. The smallest absolute Gasteiger partial charge is 0.228 e. The number of ether oxygens (including phenoxy) is 1. The zero-order valence-electron chi connectivity index (χ0n) is 15.5. The molecule has 1 atom stereocenters. The molecule has 3 rings (SSSR count). The molecular formula is C19H28N4O3. The predicted molar refractivity (Wildman–Crippen MR) is 97.3 cm³/mol. The summed E-state index contributed by atoms with van der Waals surface area (Å²) in [4.78, 5) is 35.2. The van der Waals surface area contributed by atoms with Gasteiger partial charge in [0.25, 0.3) is 0 Å². The van der Waals surface area contributed by atoms with Crippen molar-refractivity contribution in [3.05, 3.63) is 30.1 Å². The van der Waals surface area contributed by atoms with Gasteiger partial charge in [0.05, 0.1) is 12.5 Å². The third-order valence-corrected chi connectivity index (χ3v) is 5.10. The molecular weight excluding hydrogens is 332 g/mol. The molecule has 0 unspecified atom stereocenters. The van der Waals surface area contributed by atoms with E-state index in [-0.39, 0.29) is 17.7 Å². The van der Waals surface area contributed by atoms with E-state index in [1.54, 1.807) is 17.3 Å². The van der Waals surface area contributed by atoms with Crippen molar-refractivity contribution in [1.82, 2.24) is 19.7 Å². The van der Waals surface area contributed by atoms with E-state index in [1.165, 1.54) is 0 Å². The first-order valence-corrected chi connectivity index (χ1v) is 9.43. The van der Waals surface area contributed by atoms with Gasteiger partial charge in [-0.1, -0.05) is 6.07 Å². The summed E-state index contributed by atoms with van der Waals surface area (Å²) in [6, 6.07) is 3.82. The molecule has 26 heavy (non-hydrogen) atoms. The number of aromatic nitrogens is 1.